The lowest BCUT2D eigenvalue weighted by Gasteiger charge is -2.14. The Morgan fingerprint density at radius 2 is 1.52 bits per heavy atom. The Balaban J connectivity index is 2.26. The van der Waals surface area contributed by atoms with Crippen molar-refractivity contribution in [2.45, 2.75) is 5.92 Å². The summed E-state index contributed by atoms with van der Waals surface area (Å²) < 4.78 is 15.2. The minimum absolute atomic E-state index is 0.280. The third kappa shape index (κ3) is 3.71. The quantitative estimate of drug-likeness (QED) is 0.486. The maximum absolute atomic E-state index is 12.4. The van der Waals surface area contributed by atoms with Crippen LogP contribution < -0.4 is 0 Å². The minimum atomic E-state index is -1.34. The minimum Gasteiger partial charge on any atom is -0.468 e. The van der Waals surface area contributed by atoms with Gasteiger partial charge in [0.2, 0.25) is 0 Å². The van der Waals surface area contributed by atoms with Gasteiger partial charge in [-0.05, 0) is 12.1 Å². The fraction of sp³-hybridized carbons (Fsp3) is 0.150. The van der Waals surface area contributed by atoms with Crippen LogP contribution >= 0.6 is 11.6 Å². The zero-order valence-electron chi connectivity index (χ0n) is 14.6. The molecule has 6 nitrogen and oxygen atoms in total. The number of methoxy groups -OCH3 is 2. The van der Waals surface area contributed by atoms with Crippen LogP contribution in [0.3, 0.4) is 0 Å². The first-order valence-electron chi connectivity index (χ1n) is 8.03. The van der Waals surface area contributed by atoms with Gasteiger partial charge in [0.15, 0.2) is 11.7 Å². The van der Waals surface area contributed by atoms with Gasteiger partial charge < -0.3 is 14.0 Å². The van der Waals surface area contributed by atoms with E-state index in [2.05, 4.69) is 5.16 Å². The summed E-state index contributed by atoms with van der Waals surface area (Å²) in [5, 5.41) is 4.66. The van der Waals surface area contributed by atoms with Crippen LogP contribution in [0, 0.1) is 0 Å². The monoisotopic (exact) mass is 385 g/mol. The van der Waals surface area contributed by atoms with Crippen molar-refractivity contribution >= 4 is 23.5 Å². The average Bonchev–Trinajstić information content (AvgIpc) is 3.13. The number of hydrogen-bond donors (Lipinski definition) is 0. The molecule has 0 atom stereocenters. The standard InChI is InChI=1S/C20H16ClNO5/c1-25-19(23)16(20(24)26-2)15-17(12-8-10-14(21)11-9-12)22-27-18(15)13-6-4-3-5-7-13/h3-11,16H,1-2H3. The lowest BCUT2D eigenvalue weighted by Crippen LogP contribution is -2.25. The van der Waals surface area contributed by atoms with Crippen LogP contribution in [0.1, 0.15) is 11.5 Å². The number of hydrogen-bond acceptors (Lipinski definition) is 6. The molecular weight excluding hydrogens is 370 g/mol. The molecule has 0 radical (unpaired) electrons. The van der Waals surface area contributed by atoms with Crippen molar-refractivity contribution in [1.29, 1.82) is 0 Å². The van der Waals surface area contributed by atoms with E-state index in [-0.39, 0.29) is 5.56 Å². The SMILES string of the molecule is COC(=O)C(C(=O)OC)c1c(-c2ccc(Cl)cc2)noc1-c1ccccc1. The molecule has 2 aromatic carbocycles. The first-order valence-corrected chi connectivity index (χ1v) is 8.41. The van der Waals surface area contributed by atoms with E-state index in [1.165, 1.54) is 14.2 Å². The largest absolute Gasteiger partial charge is 0.468 e. The predicted molar refractivity (Wildman–Crippen MR) is 99.2 cm³/mol. The molecule has 138 valence electrons. The van der Waals surface area contributed by atoms with Crippen molar-refractivity contribution in [3.8, 4) is 22.6 Å². The Bertz CT molecular complexity index is 934. The van der Waals surface area contributed by atoms with Gasteiger partial charge >= 0.3 is 11.9 Å². The van der Waals surface area contributed by atoms with E-state index in [9.17, 15) is 9.59 Å². The highest BCUT2D eigenvalue weighted by Crippen LogP contribution is 2.38. The molecule has 0 aliphatic rings. The van der Waals surface area contributed by atoms with Crippen LogP contribution in [-0.2, 0) is 19.1 Å². The van der Waals surface area contributed by atoms with Gasteiger partial charge in [-0.25, -0.2) is 0 Å². The highest BCUT2D eigenvalue weighted by atomic mass is 35.5. The highest BCUT2D eigenvalue weighted by Gasteiger charge is 2.38. The number of nitrogens with zero attached hydrogens (tertiary/aromatic N) is 1. The van der Waals surface area contributed by atoms with E-state index in [0.29, 0.717) is 27.6 Å². The molecule has 0 unspecified atom stereocenters. The molecule has 0 fully saturated rings. The molecule has 3 aromatic rings. The molecule has 27 heavy (non-hydrogen) atoms. The van der Waals surface area contributed by atoms with E-state index in [0.717, 1.165) is 0 Å². The molecule has 0 saturated carbocycles. The first-order chi connectivity index (χ1) is 13.1. The predicted octanol–water partition coefficient (Wildman–Crippen LogP) is 4.09. The zero-order chi connectivity index (χ0) is 19.4. The number of carbonyl (C=O) groups excluding carboxylic acids is 2. The molecule has 0 amide bonds. The number of ether oxygens (including phenoxy) is 2. The average molecular weight is 386 g/mol. The van der Waals surface area contributed by atoms with Gasteiger partial charge in [0.25, 0.3) is 0 Å². The number of carbonyl (C=O) groups is 2. The summed E-state index contributed by atoms with van der Waals surface area (Å²) in [5.74, 6) is -2.58. The molecule has 0 N–H and O–H groups in total. The second kappa shape index (κ2) is 8.05. The molecule has 7 heteroatoms. The van der Waals surface area contributed by atoms with Crippen LogP contribution in [0.25, 0.3) is 22.6 Å². The van der Waals surface area contributed by atoms with E-state index >= 15 is 0 Å². The van der Waals surface area contributed by atoms with Crippen molar-refractivity contribution in [1.82, 2.24) is 5.16 Å². The zero-order valence-corrected chi connectivity index (χ0v) is 15.4. The third-order valence-electron chi connectivity index (χ3n) is 4.04. The summed E-state index contributed by atoms with van der Waals surface area (Å²) >= 11 is 5.96. The van der Waals surface area contributed by atoms with E-state index < -0.39 is 17.9 Å². The number of benzene rings is 2. The van der Waals surface area contributed by atoms with Crippen LogP contribution in [0.15, 0.2) is 59.1 Å². The van der Waals surface area contributed by atoms with Gasteiger partial charge in [-0.15, -0.1) is 0 Å². The summed E-state index contributed by atoms with van der Waals surface area (Å²) in [4.78, 5) is 24.8. The van der Waals surface area contributed by atoms with Gasteiger partial charge in [-0.3, -0.25) is 9.59 Å². The summed E-state index contributed by atoms with van der Waals surface area (Å²) in [6, 6.07) is 15.9. The first kappa shape index (κ1) is 18.7. The van der Waals surface area contributed by atoms with Crippen LogP contribution in [0.5, 0.6) is 0 Å². The number of rotatable bonds is 5. The fourth-order valence-electron chi connectivity index (χ4n) is 2.75. The Morgan fingerprint density at radius 3 is 2.07 bits per heavy atom. The van der Waals surface area contributed by atoms with Gasteiger partial charge in [-0.1, -0.05) is 59.2 Å². The Kier molecular flexibility index (Phi) is 5.57. The van der Waals surface area contributed by atoms with Crippen molar-refractivity contribution in [3.63, 3.8) is 0 Å². The van der Waals surface area contributed by atoms with E-state index in [1.54, 1.807) is 36.4 Å². The molecule has 1 heterocycles. The van der Waals surface area contributed by atoms with Crippen molar-refractivity contribution in [2.24, 2.45) is 0 Å². The molecule has 3 rings (SSSR count). The molecule has 0 aliphatic heterocycles. The smallest absolute Gasteiger partial charge is 0.324 e. The van der Waals surface area contributed by atoms with Gasteiger partial charge in [0, 0.05) is 16.1 Å². The van der Waals surface area contributed by atoms with Crippen LogP contribution in [0.2, 0.25) is 5.02 Å². The Morgan fingerprint density at radius 1 is 0.926 bits per heavy atom. The summed E-state index contributed by atoms with van der Waals surface area (Å²) in [7, 11) is 2.41. The second-order valence-electron chi connectivity index (χ2n) is 5.63. The number of esters is 2. The van der Waals surface area contributed by atoms with Crippen molar-refractivity contribution in [3.05, 3.63) is 65.2 Å². The van der Waals surface area contributed by atoms with Crippen molar-refractivity contribution in [2.75, 3.05) is 14.2 Å². The number of aromatic nitrogens is 1. The van der Waals surface area contributed by atoms with E-state index in [1.807, 2.05) is 18.2 Å². The molecule has 1 aromatic heterocycles. The topological polar surface area (TPSA) is 78.6 Å². The highest BCUT2D eigenvalue weighted by molar-refractivity contribution is 6.30. The van der Waals surface area contributed by atoms with E-state index in [4.69, 9.17) is 25.6 Å². The molecule has 0 bridgehead atoms. The third-order valence-corrected chi connectivity index (χ3v) is 4.30. The lowest BCUT2D eigenvalue weighted by molar-refractivity contribution is -0.154. The summed E-state index contributed by atoms with van der Waals surface area (Å²) in [5.41, 5.74) is 1.92. The maximum Gasteiger partial charge on any atom is 0.324 e. The lowest BCUT2D eigenvalue weighted by atomic mass is 9.91. The van der Waals surface area contributed by atoms with Gasteiger partial charge in [0.1, 0.15) is 5.69 Å². The molecule has 0 saturated heterocycles. The normalized spacial score (nSPS) is 10.7. The Hall–Kier alpha value is -3.12. The Labute approximate surface area is 160 Å². The number of halogens is 1. The summed E-state index contributed by atoms with van der Waals surface area (Å²) in [6.07, 6.45) is 0. The van der Waals surface area contributed by atoms with Crippen LogP contribution in [0.4, 0.5) is 0 Å². The second-order valence-corrected chi connectivity index (χ2v) is 6.06. The summed E-state index contributed by atoms with van der Waals surface area (Å²) in [6.45, 7) is 0. The van der Waals surface area contributed by atoms with Gasteiger partial charge in [0.05, 0.1) is 19.8 Å². The fourth-order valence-corrected chi connectivity index (χ4v) is 2.87. The van der Waals surface area contributed by atoms with Crippen molar-refractivity contribution < 1.29 is 23.6 Å². The van der Waals surface area contributed by atoms with Gasteiger partial charge in [-0.2, -0.15) is 0 Å². The maximum atomic E-state index is 12.4. The molecule has 0 spiro atoms. The van der Waals surface area contributed by atoms with Crippen LogP contribution in [-0.4, -0.2) is 31.3 Å². The molecule has 0 aliphatic carbocycles. The molecular formula is C20H16ClNO5.